The minimum absolute atomic E-state index is 0.0959. The van der Waals surface area contributed by atoms with E-state index in [0.717, 1.165) is 5.56 Å². The third kappa shape index (κ3) is 3.98. The Balaban J connectivity index is 2.20. The van der Waals surface area contributed by atoms with Crippen LogP contribution in [0, 0.1) is 0 Å². The summed E-state index contributed by atoms with van der Waals surface area (Å²) in [6.07, 6.45) is 0. The largest absolute Gasteiger partial charge is 0.333 e. The maximum absolute atomic E-state index is 12.5. The van der Waals surface area contributed by atoms with Crippen LogP contribution in [-0.4, -0.2) is 22.7 Å². The Morgan fingerprint density at radius 2 is 1.95 bits per heavy atom. The lowest BCUT2D eigenvalue weighted by Gasteiger charge is -2.21. The molecule has 0 aliphatic heterocycles. The van der Waals surface area contributed by atoms with Gasteiger partial charge < -0.3 is 4.90 Å². The minimum atomic E-state index is -0.0959. The molecule has 1 aromatic carbocycles. The molecule has 1 amide bonds. The number of benzene rings is 1. The van der Waals surface area contributed by atoms with Crippen molar-refractivity contribution >= 4 is 56.4 Å². The van der Waals surface area contributed by atoms with Crippen molar-refractivity contribution in [2.75, 3.05) is 11.9 Å². The Hall–Kier alpha value is -0.550. The lowest BCUT2D eigenvalue weighted by Crippen LogP contribution is -2.32. The summed E-state index contributed by atoms with van der Waals surface area (Å²) in [6.45, 7) is 1.16. The number of carbonyl (C=O) groups is 1. The van der Waals surface area contributed by atoms with Crippen LogP contribution in [0.4, 0.5) is 0 Å². The fraction of sp³-hybridized carbons (Fsp3) is 0.214. The number of alkyl halides is 1. The summed E-state index contributed by atoms with van der Waals surface area (Å²) in [6, 6.07) is 11.5. The number of thiophene rings is 1. The van der Waals surface area contributed by atoms with Crippen LogP contribution in [0.15, 0.2) is 36.4 Å². The van der Waals surface area contributed by atoms with Crippen molar-refractivity contribution in [3.63, 3.8) is 0 Å². The first kappa shape index (κ1) is 15.8. The molecule has 0 spiro atoms. The molecule has 0 aliphatic carbocycles. The van der Waals surface area contributed by atoms with E-state index in [9.17, 15) is 4.79 Å². The number of carbonyl (C=O) groups excluding carboxylic acids is 1. The van der Waals surface area contributed by atoms with Crippen LogP contribution >= 0.6 is 50.5 Å². The highest BCUT2D eigenvalue weighted by Gasteiger charge is 2.20. The van der Waals surface area contributed by atoms with E-state index in [4.69, 9.17) is 23.2 Å². The van der Waals surface area contributed by atoms with E-state index in [1.807, 2.05) is 30.3 Å². The molecular formula is C14H12BrCl2NOS. The molecule has 2 nitrogen and oxygen atoms in total. The number of rotatable bonds is 5. The quantitative estimate of drug-likeness (QED) is 0.648. The van der Waals surface area contributed by atoms with Crippen LogP contribution in [0.5, 0.6) is 0 Å². The van der Waals surface area contributed by atoms with Crippen molar-refractivity contribution in [3.05, 3.63) is 56.2 Å². The van der Waals surface area contributed by atoms with Gasteiger partial charge in [0.1, 0.15) is 4.34 Å². The predicted molar refractivity (Wildman–Crippen MR) is 89.3 cm³/mol. The molecule has 0 bridgehead atoms. The Labute approximate surface area is 140 Å². The lowest BCUT2D eigenvalue weighted by molar-refractivity contribution is 0.0755. The van der Waals surface area contributed by atoms with Gasteiger partial charge in [-0.15, -0.1) is 11.3 Å². The number of halogens is 3. The molecule has 0 aliphatic rings. The average Bonchev–Trinajstić information content (AvgIpc) is 2.77. The van der Waals surface area contributed by atoms with Crippen LogP contribution < -0.4 is 0 Å². The van der Waals surface area contributed by atoms with Crippen molar-refractivity contribution < 1.29 is 4.79 Å². The van der Waals surface area contributed by atoms with Gasteiger partial charge in [-0.05, 0) is 11.6 Å². The van der Waals surface area contributed by atoms with Crippen molar-refractivity contribution in [1.82, 2.24) is 4.90 Å². The predicted octanol–water partition coefficient (Wildman–Crippen LogP) is 5.09. The summed E-state index contributed by atoms with van der Waals surface area (Å²) in [5.41, 5.74) is 1.55. The monoisotopic (exact) mass is 391 g/mol. The summed E-state index contributed by atoms with van der Waals surface area (Å²) in [4.78, 5) is 14.3. The van der Waals surface area contributed by atoms with Gasteiger partial charge in [-0.25, -0.2) is 0 Å². The average molecular weight is 393 g/mol. The molecular weight excluding hydrogens is 381 g/mol. The van der Waals surface area contributed by atoms with Gasteiger partial charge in [-0.1, -0.05) is 69.5 Å². The Morgan fingerprint density at radius 3 is 2.50 bits per heavy atom. The second-order valence-corrected chi connectivity index (χ2v) is 7.22. The molecule has 2 aromatic rings. The molecule has 0 fully saturated rings. The first-order chi connectivity index (χ1) is 9.61. The zero-order chi connectivity index (χ0) is 14.5. The van der Waals surface area contributed by atoms with Crippen LogP contribution in [0.1, 0.15) is 15.9 Å². The summed E-state index contributed by atoms with van der Waals surface area (Å²) >= 11 is 16.6. The van der Waals surface area contributed by atoms with Crippen LogP contribution in [0.25, 0.3) is 0 Å². The van der Waals surface area contributed by atoms with Gasteiger partial charge in [0.25, 0.3) is 5.91 Å². The standard InChI is InChI=1S/C14H12BrCl2NOS/c15-6-7-18(9-10-4-2-1-3-5-10)14(19)11-8-12(16)20-13(11)17/h1-5,8H,6-7,9H2. The van der Waals surface area contributed by atoms with E-state index in [0.29, 0.717) is 32.7 Å². The highest BCUT2D eigenvalue weighted by atomic mass is 79.9. The van der Waals surface area contributed by atoms with Gasteiger partial charge in [0.2, 0.25) is 0 Å². The van der Waals surface area contributed by atoms with Crippen molar-refractivity contribution in [1.29, 1.82) is 0 Å². The molecule has 6 heteroatoms. The number of hydrogen-bond donors (Lipinski definition) is 0. The second kappa shape index (κ2) is 7.46. The van der Waals surface area contributed by atoms with Gasteiger partial charge in [0, 0.05) is 18.4 Å². The Morgan fingerprint density at radius 1 is 1.25 bits per heavy atom. The van der Waals surface area contributed by atoms with E-state index in [-0.39, 0.29) is 5.91 Å². The van der Waals surface area contributed by atoms with Gasteiger partial charge >= 0.3 is 0 Å². The first-order valence-corrected chi connectivity index (χ1v) is 8.65. The molecule has 106 valence electrons. The molecule has 0 radical (unpaired) electrons. The molecule has 0 saturated carbocycles. The zero-order valence-corrected chi connectivity index (χ0v) is 14.4. The Bertz CT molecular complexity index is 588. The smallest absolute Gasteiger partial charge is 0.256 e. The maximum atomic E-state index is 12.5. The lowest BCUT2D eigenvalue weighted by atomic mass is 10.2. The minimum Gasteiger partial charge on any atom is -0.333 e. The first-order valence-electron chi connectivity index (χ1n) is 5.96. The van der Waals surface area contributed by atoms with Crippen molar-refractivity contribution in [2.24, 2.45) is 0 Å². The van der Waals surface area contributed by atoms with Crippen LogP contribution in [0.3, 0.4) is 0 Å². The number of hydrogen-bond acceptors (Lipinski definition) is 2. The number of amides is 1. The van der Waals surface area contributed by atoms with Gasteiger partial charge in [-0.3, -0.25) is 4.79 Å². The highest BCUT2D eigenvalue weighted by molar-refractivity contribution is 9.09. The van der Waals surface area contributed by atoms with E-state index < -0.39 is 0 Å². The molecule has 0 saturated heterocycles. The van der Waals surface area contributed by atoms with E-state index in [1.54, 1.807) is 11.0 Å². The fourth-order valence-electron chi connectivity index (χ4n) is 1.81. The maximum Gasteiger partial charge on any atom is 0.256 e. The molecule has 0 N–H and O–H groups in total. The summed E-state index contributed by atoms with van der Waals surface area (Å²) in [5.74, 6) is -0.0959. The van der Waals surface area contributed by atoms with E-state index in [2.05, 4.69) is 15.9 Å². The van der Waals surface area contributed by atoms with Crippen molar-refractivity contribution in [3.8, 4) is 0 Å². The second-order valence-electron chi connectivity index (χ2n) is 4.14. The molecule has 1 aromatic heterocycles. The highest BCUT2D eigenvalue weighted by Crippen LogP contribution is 2.32. The van der Waals surface area contributed by atoms with E-state index >= 15 is 0 Å². The van der Waals surface area contributed by atoms with Crippen molar-refractivity contribution in [2.45, 2.75) is 6.54 Å². The van der Waals surface area contributed by atoms with E-state index in [1.165, 1.54) is 11.3 Å². The third-order valence-electron chi connectivity index (χ3n) is 2.74. The van der Waals surface area contributed by atoms with Crippen LogP contribution in [-0.2, 0) is 6.54 Å². The Kier molecular flexibility index (Phi) is 5.90. The normalized spacial score (nSPS) is 10.6. The summed E-state index contributed by atoms with van der Waals surface area (Å²) in [7, 11) is 0. The molecule has 0 unspecified atom stereocenters. The topological polar surface area (TPSA) is 20.3 Å². The molecule has 1 heterocycles. The summed E-state index contributed by atoms with van der Waals surface area (Å²) in [5, 5.41) is 0.709. The van der Waals surface area contributed by atoms with Gasteiger partial charge in [0.05, 0.1) is 9.90 Å². The number of nitrogens with zero attached hydrogens (tertiary/aromatic N) is 1. The van der Waals surface area contributed by atoms with Gasteiger partial charge in [0.15, 0.2) is 0 Å². The zero-order valence-electron chi connectivity index (χ0n) is 10.5. The summed E-state index contributed by atoms with van der Waals surface area (Å²) < 4.78 is 0.962. The van der Waals surface area contributed by atoms with Crippen LogP contribution in [0.2, 0.25) is 8.67 Å². The molecule has 2 rings (SSSR count). The fourth-order valence-corrected chi connectivity index (χ4v) is 3.69. The SMILES string of the molecule is O=C(c1cc(Cl)sc1Cl)N(CCBr)Cc1ccccc1. The third-order valence-corrected chi connectivity index (χ3v) is 4.59. The molecule has 20 heavy (non-hydrogen) atoms. The molecule has 0 atom stereocenters. The van der Waals surface area contributed by atoms with Gasteiger partial charge in [-0.2, -0.15) is 0 Å².